The lowest BCUT2D eigenvalue weighted by Gasteiger charge is -2.26. The van der Waals surface area contributed by atoms with Crippen LogP contribution in [0.5, 0.6) is 0 Å². The highest BCUT2D eigenvalue weighted by Gasteiger charge is 2.44. The Morgan fingerprint density at radius 1 is 0.463 bits per heavy atom. The third kappa shape index (κ3) is 9.43. The van der Waals surface area contributed by atoms with Gasteiger partial charge in [0.1, 0.15) is 23.4 Å². The lowest BCUT2D eigenvalue weighted by molar-refractivity contribution is 0.697. The van der Waals surface area contributed by atoms with Crippen molar-refractivity contribution in [1.29, 1.82) is 0 Å². The van der Waals surface area contributed by atoms with Gasteiger partial charge in [-0.3, -0.25) is 4.99 Å². The fourth-order valence-electron chi connectivity index (χ4n) is 6.87. The summed E-state index contributed by atoms with van der Waals surface area (Å²) in [4.78, 5) is 10.8. The zero-order valence-electron chi connectivity index (χ0n) is 32.3. The highest BCUT2D eigenvalue weighted by Crippen LogP contribution is 2.54. The number of nitrogens with zero attached hydrogens (tertiary/aromatic N) is 2. The molecule has 0 saturated carbocycles. The molecule has 0 atom stereocenters. The van der Waals surface area contributed by atoms with Crippen LogP contribution in [0.4, 0.5) is 11.4 Å². The van der Waals surface area contributed by atoms with Crippen molar-refractivity contribution in [3.63, 3.8) is 0 Å². The van der Waals surface area contributed by atoms with Crippen molar-refractivity contribution >= 4 is 58.9 Å². The third-order valence-electron chi connectivity index (χ3n) is 9.98. The molecule has 54 heavy (non-hydrogen) atoms. The van der Waals surface area contributed by atoms with Crippen LogP contribution in [0.15, 0.2) is 168 Å². The Kier molecular flexibility index (Phi) is 13.6. The predicted octanol–water partition coefficient (Wildman–Crippen LogP) is 10.8. The monoisotopic (exact) mass is 747 g/mol. The maximum Gasteiger partial charge on any atom is 0.260 e. The molecule has 0 radical (unpaired) electrons. The van der Waals surface area contributed by atoms with Gasteiger partial charge in [0.25, 0.3) is 5.58 Å². The number of para-hydroxylation sites is 2. The number of hydrogen-bond acceptors (Lipinski definition) is 2. The quantitative estimate of drug-likeness (QED) is 0.0505. The summed E-state index contributed by atoms with van der Waals surface area (Å²) in [5, 5.41) is 13.0. The SMILES string of the molecule is Cc1cccc(C)c1NC(=NCCCCCN=C(Nc1c(C)cccc1C)[P+](C)(c1ccccc1)c1ccccc1)P(c1ccccc1)c1ccccc1. The predicted molar refractivity (Wildman–Crippen MR) is 242 cm³/mol. The van der Waals surface area contributed by atoms with Gasteiger partial charge in [0.15, 0.2) is 0 Å². The molecule has 6 aromatic rings. The molecule has 0 bridgehead atoms. The number of amidine groups is 2. The average molecular weight is 748 g/mol. The number of aryl methyl sites for hydroxylation is 4. The molecule has 0 aliphatic carbocycles. The van der Waals surface area contributed by atoms with Crippen LogP contribution in [0.3, 0.4) is 0 Å². The minimum atomic E-state index is -2.06. The largest absolute Gasteiger partial charge is 0.339 e. The van der Waals surface area contributed by atoms with Crippen molar-refractivity contribution in [3.05, 3.63) is 180 Å². The summed E-state index contributed by atoms with van der Waals surface area (Å²) in [6.45, 7) is 12.6. The van der Waals surface area contributed by atoms with Crippen LogP contribution in [-0.4, -0.2) is 30.9 Å². The average Bonchev–Trinajstić information content (AvgIpc) is 3.20. The molecule has 6 aromatic carbocycles. The lowest BCUT2D eigenvalue weighted by atomic mass is 10.1. The van der Waals surface area contributed by atoms with E-state index >= 15 is 0 Å². The molecule has 0 aromatic heterocycles. The van der Waals surface area contributed by atoms with Crippen molar-refractivity contribution in [2.24, 2.45) is 9.98 Å². The molecule has 0 fully saturated rings. The number of hydrogen-bond donors (Lipinski definition) is 2. The molecular formula is C48H53N4P2+. The van der Waals surface area contributed by atoms with Gasteiger partial charge in [-0.2, -0.15) is 0 Å². The highest BCUT2D eigenvalue weighted by molar-refractivity contribution is 8.02. The second-order valence-corrected chi connectivity index (χ2v) is 19.5. The Morgan fingerprint density at radius 2 is 0.852 bits per heavy atom. The van der Waals surface area contributed by atoms with Crippen molar-refractivity contribution < 1.29 is 0 Å². The van der Waals surface area contributed by atoms with E-state index in [4.69, 9.17) is 9.98 Å². The smallest absolute Gasteiger partial charge is 0.260 e. The van der Waals surface area contributed by atoms with E-state index in [0.717, 1.165) is 54.9 Å². The normalized spacial score (nSPS) is 12.2. The van der Waals surface area contributed by atoms with Crippen LogP contribution in [0.2, 0.25) is 0 Å². The summed E-state index contributed by atoms with van der Waals surface area (Å²) in [7, 11) is -2.94. The van der Waals surface area contributed by atoms with Crippen LogP contribution >= 0.6 is 15.2 Å². The zero-order chi connectivity index (χ0) is 37.8. The minimum Gasteiger partial charge on any atom is -0.339 e. The summed E-state index contributed by atoms with van der Waals surface area (Å²) in [6, 6.07) is 56.5. The summed E-state index contributed by atoms with van der Waals surface area (Å²) in [5.74, 6) is 0. The van der Waals surface area contributed by atoms with Gasteiger partial charge >= 0.3 is 0 Å². The molecule has 0 heterocycles. The summed E-state index contributed by atoms with van der Waals surface area (Å²) < 4.78 is 0. The van der Waals surface area contributed by atoms with Gasteiger partial charge in [-0.05, 0) is 104 Å². The van der Waals surface area contributed by atoms with E-state index in [1.165, 1.54) is 43.5 Å². The maximum atomic E-state index is 5.45. The van der Waals surface area contributed by atoms with E-state index < -0.39 is 15.2 Å². The molecule has 0 aliphatic rings. The molecule has 0 saturated heterocycles. The summed E-state index contributed by atoms with van der Waals surface area (Å²) >= 11 is 0. The minimum absolute atomic E-state index is 0.750. The van der Waals surface area contributed by atoms with Gasteiger partial charge in [0, 0.05) is 32.4 Å². The molecule has 0 unspecified atom stereocenters. The van der Waals surface area contributed by atoms with Gasteiger partial charge in [-0.15, -0.1) is 0 Å². The van der Waals surface area contributed by atoms with Crippen LogP contribution in [0.1, 0.15) is 41.5 Å². The number of anilines is 2. The number of rotatable bonds is 14. The van der Waals surface area contributed by atoms with Gasteiger partial charge in [-0.1, -0.05) is 133 Å². The van der Waals surface area contributed by atoms with E-state index in [1.807, 2.05) is 0 Å². The highest BCUT2D eigenvalue weighted by atomic mass is 31.2. The Balaban J connectivity index is 1.25. The molecule has 0 amide bonds. The Bertz CT molecular complexity index is 2030. The zero-order valence-corrected chi connectivity index (χ0v) is 34.1. The van der Waals surface area contributed by atoms with Crippen LogP contribution < -0.4 is 31.9 Å². The first kappa shape index (κ1) is 38.8. The summed E-state index contributed by atoms with van der Waals surface area (Å²) in [6.07, 6.45) is 3.02. The molecule has 6 rings (SSSR count). The van der Waals surface area contributed by atoms with Gasteiger partial charge < -0.3 is 10.6 Å². The fourth-order valence-corrected chi connectivity index (χ4v) is 12.1. The number of nitrogens with one attached hydrogen (secondary N) is 2. The molecule has 0 aliphatic heterocycles. The molecule has 4 nitrogen and oxygen atoms in total. The Morgan fingerprint density at radius 3 is 1.30 bits per heavy atom. The van der Waals surface area contributed by atoms with E-state index in [9.17, 15) is 0 Å². The first-order chi connectivity index (χ1) is 26.4. The standard InChI is InChI=1S/C48H53N4P2/c1-37-23-21-24-38(2)45(37)51-47(53(41-27-11-6-12-28-41)42-29-13-7-14-30-42)49-35-19-10-20-36-50-48(52-46-39(3)25-22-26-40(46)4)54(5,43-31-15-8-16-32-43)44-33-17-9-18-34-44/h6-9,11-18,21-34H,10,19-20,35-36H2,1-5H3,(H,49,51)(H,50,52)/q+1. The second-order valence-electron chi connectivity index (χ2n) is 13.9. The Hall–Kier alpha value is -4.88. The van der Waals surface area contributed by atoms with E-state index in [1.54, 1.807) is 0 Å². The molecule has 0 spiro atoms. The van der Waals surface area contributed by atoms with Crippen molar-refractivity contribution in [2.75, 3.05) is 30.4 Å². The Labute approximate surface area is 325 Å². The molecule has 6 heteroatoms. The number of aliphatic imine (C=N–C) groups is 2. The molecule has 274 valence electrons. The fraction of sp³-hybridized carbons (Fsp3) is 0.208. The van der Waals surface area contributed by atoms with Crippen LogP contribution in [0.25, 0.3) is 0 Å². The van der Waals surface area contributed by atoms with E-state index in [0.29, 0.717) is 0 Å². The number of benzene rings is 6. The van der Waals surface area contributed by atoms with E-state index in [-0.39, 0.29) is 0 Å². The first-order valence-electron chi connectivity index (χ1n) is 19.0. The lowest BCUT2D eigenvalue weighted by Crippen LogP contribution is -2.32. The third-order valence-corrected chi connectivity index (χ3v) is 16.1. The van der Waals surface area contributed by atoms with Gasteiger partial charge in [0.05, 0.1) is 6.66 Å². The van der Waals surface area contributed by atoms with Crippen molar-refractivity contribution in [1.82, 2.24) is 0 Å². The topological polar surface area (TPSA) is 48.8 Å². The summed E-state index contributed by atoms with van der Waals surface area (Å²) in [5.41, 5.74) is 9.33. The van der Waals surface area contributed by atoms with Crippen LogP contribution in [-0.2, 0) is 0 Å². The number of unbranched alkanes of at least 4 members (excludes halogenated alkanes) is 2. The van der Waals surface area contributed by atoms with E-state index in [2.05, 4.69) is 203 Å². The van der Waals surface area contributed by atoms with Crippen molar-refractivity contribution in [3.8, 4) is 0 Å². The van der Waals surface area contributed by atoms with Gasteiger partial charge in [0.2, 0.25) is 0 Å². The maximum absolute atomic E-state index is 5.45. The van der Waals surface area contributed by atoms with Crippen LogP contribution in [0, 0.1) is 27.7 Å². The molecule has 2 N–H and O–H groups in total. The van der Waals surface area contributed by atoms with Gasteiger partial charge in [-0.25, -0.2) is 4.99 Å². The first-order valence-corrected chi connectivity index (χ1v) is 22.6. The van der Waals surface area contributed by atoms with Crippen molar-refractivity contribution in [2.45, 2.75) is 47.0 Å². The molecular weight excluding hydrogens is 695 g/mol. The second kappa shape index (κ2) is 18.9.